The molecule has 0 saturated carbocycles. The van der Waals surface area contributed by atoms with E-state index in [4.69, 9.17) is 4.74 Å². The molecule has 0 spiro atoms. The minimum absolute atomic E-state index is 0.263. The van der Waals surface area contributed by atoms with Crippen molar-refractivity contribution >= 4 is 0 Å². The van der Waals surface area contributed by atoms with Crippen LogP contribution in [0.1, 0.15) is 18.5 Å². The van der Waals surface area contributed by atoms with Gasteiger partial charge in [0.2, 0.25) is 0 Å². The number of likely N-dealkylation sites (N-methyl/N-ethyl adjacent to an activating group) is 1. The molecule has 0 aliphatic rings. The van der Waals surface area contributed by atoms with Gasteiger partial charge >= 0.3 is 0 Å². The Balaban J connectivity index is 2.71. The summed E-state index contributed by atoms with van der Waals surface area (Å²) in [5.41, 5.74) is 1.21. The number of benzene rings is 1. The highest BCUT2D eigenvalue weighted by Crippen LogP contribution is 2.21. The van der Waals surface area contributed by atoms with E-state index in [-0.39, 0.29) is 12.1 Å². The molecule has 0 fully saturated rings. The lowest BCUT2D eigenvalue weighted by molar-refractivity contribution is 0.184. The van der Waals surface area contributed by atoms with Gasteiger partial charge in [0.25, 0.3) is 0 Å². The lowest BCUT2D eigenvalue weighted by atomic mass is 10.1. The van der Waals surface area contributed by atoms with Gasteiger partial charge in [-0.15, -0.1) is 0 Å². The van der Waals surface area contributed by atoms with Crippen molar-refractivity contribution in [1.29, 1.82) is 0 Å². The molecule has 4 nitrogen and oxygen atoms in total. The Morgan fingerprint density at radius 2 is 2.06 bits per heavy atom. The standard InChI is InChI=1S/C14H24N2O2/c1-11(17)9-15-10-14(16(2)3)12-6-5-7-13(8-12)18-4/h5-8,11,14-15,17H,9-10H2,1-4H3/t11-,14?/m1/s1. The molecule has 0 amide bonds. The van der Waals surface area contributed by atoms with E-state index in [9.17, 15) is 5.11 Å². The second kappa shape index (κ2) is 7.36. The first-order valence-corrected chi connectivity index (χ1v) is 6.23. The molecule has 1 aromatic rings. The monoisotopic (exact) mass is 252 g/mol. The molecular weight excluding hydrogens is 228 g/mol. The number of aliphatic hydroxyl groups is 1. The predicted molar refractivity (Wildman–Crippen MR) is 74.0 cm³/mol. The second-order valence-electron chi connectivity index (χ2n) is 4.76. The second-order valence-corrected chi connectivity index (χ2v) is 4.76. The van der Waals surface area contributed by atoms with Gasteiger partial charge in [-0.1, -0.05) is 12.1 Å². The van der Waals surface area contributed by atoms with Crippen molar-refractivity contribution in [2.75, 3.05) is 34.3 Å². The van der Waals surface area contributed by atoms with Crippen LogP contribution in [0, 0.1) is 0 Å². The van der Waals surface area contributed by atoms with Crippen molar-refractivity contribution in [2.24, 2.45) is 0 Å². The van der Waals surface area contributed by atoms with E-state index in [1.54, 1.807) is 14.0 Å². The SMILES string of the molecule is COc1cccc(C(CNC[C@@H](C)O)N(C)C)c1. The molecule has 2 atom stereocenters. The number of rotatable bonds is 7. The number of aliphatic hydroxyl groups excluding tert-OH is 1. The van der Waals surface area contributed by atoms with Crippen molar-refractivity contribution in [2.45, 2.75) is 19.1 Å². The zero-order valence-electron chi connectivity index (χ0n) is 11.7. The van der Waals surface area contributed by atoms with E-state index >= 15 is 0 Å². The molecule has 102 valence electrons. The number of methoxy groups -OCH3 is 1. The summed E-state index contributed by atoms with van der Waals surface area (Å²) in [6, 6.07) is 8.35. The Hall–Kier alpha value is -1.10. The first kappa shape index (κ1) is 15.0. The van der Waals surface area contributed by atoms with Gasteiger partial charge in [-0.3, -0.25) is 0 Å². The van der Waals surface area contributed by atoms with E-state index in [0.29, 0.717) is 6.54 Å². The van der Waals surface area contributed by atoms with E-state index < -0.39 is 0 Å². The third-order valence-electron chi connectivity index (χ3n) is 2.88. The summed E-state index contributed by atoms with van der Waals surface area (Å²) in [7, 11) is 5.78. The van der Waals surface area contributed by atoms with Gasteiger partial charge in [-0.2, -0.15) is 0 Å². The molecule has 1 unspecified atom stereocenters. The zero-order chi connectivity index (χ0) is 13.5. The Bertz CT molecular complexity index is 353. The minimum atomic E-state index is -0.321. The summed E-state index contributed by atoms with van der Waals surface area (Å²) in [4.78, 5) is 2.16. The number of nitrogens with zero attached hydrogens (tertiary/aromatic N) is 1. The summed E-state index contributed by atoms with van der Waals surface area (Å²) in [5, 5.41) is 12.5. The lowest BCUT2D eigenvalue weighted by Gasteiger charge is -2.25. The molecule has 0 aromatic heterocycles. The molecular formula is C14H24N2O2. The average Bonchev–Trinajstić information content (AvgIpc) is 2.34. The van der Waals surface area contributed by atoms with Crippen LogP contribution in [-0.4, -0.2) is 50.4 Å². The number of hydrogen-bond acceptors (Lipinski definition) is 4. The van der Waals surface area contributed by atoms with E-state index in [0.717, 1.165) is 12.3 Å². The molecule has 0 saturated heterocycles. The van der Waals surface area contributed by atoms with Gasteiger partial charge in [0.1, 0.15) is 5.75 Å². The first-order chi connectivity index (χ1) is 8.54. The number of ether oxygens (including phenoxy) is 1. The molecule has 0 aliphatic carbocycles. The van der Waals surface area contributed by atoms with Crippen LogP contribution in [0.5, 0.6) is 5.75 Å². The maximum atomic E-state index is 9.26. The largest absolute Gasteiger partial charge is 0.497 e. The summed E-state index contributed by atoms with van der Waals surface area (Å²) in [5.74, 6) is 0.870. The van der Waals surface area contributed by atoms with Crippen LogP contribution in [0.25, 0.3) is 0 Å². The quantitative estimate of drug-likeness (QED) is 0.767. The Morgan fingerprint density at radius 3 is 2.61 bits per heavy atom. The van der Waals surface area contributed by atoms with Gasteiger partial charge in [0.05, 0.1) is 13.2 Å². The van der Waals surface area contributed by atoms with Gasteiger partial charge < -0.3 is 20.1 Å². The highest BCUT2D eigenvalue weighted by molar-refractivity contribution is 5.30. The van der Waals surface area contributed by atoms with E-state index in [2.05, 4.69) is 22.3 Å². The first-order valence-electron chi connectivity index (χ1n) is 6.23. The highest BCUT2D eigenvalue weighted by Gasteiger charge is 2.14. The van der Waals surface area contributed by atoms with Crippen LogP contribution in [-0.2, 0) is 0 Å². The third kappa shape index (κ3) is 4.64. The van der Waals surface area contributed by atoms with Gasteiger partial charge in [-0.05, 0) is 38.7 Å². The van der Waals surface area contributed by atoms with Gasteiger partial charge in [-0.25, -0.2) is 0 Å². The number of hydrogen-bond donors (Lipinski definition) is 2. The topological polar surface area (TPSA) is 44.7 Å². The van der Waals surface area contributed by atoms with E-state index in [1.165, 1.54) is 5.56 Å². The molecule has 1 rings (SSSR count). The van der Waals surface area contributed by atoms with Crippen molar-refractivity contribution in [1.82, 2.24) is 10.2 Å². The molecule has 0 bridgehead atoms. The van der Waals surface area contributed by atoms with Gasteiger partial charge in [0.15, 0.2) is 0 Å². The molecule has 4 heteroatoms. The fourth-order valence-electron chi connectivity index (χ4n) is 1.88. The van der Waals surface area contributed by atoms with Crippen LogP contribution < -0.4 is 10.1 Å². The van der Waals surface area contributed by atoms with Crippen molar-refractivity contribution < 1.29 is 9.84 Å². The normalized spacial score (nSPS) is 14.6. The zero-order valence-corrected chi connectivity index (χ0v) is 11.7. The molecule has 2 N–H and O–H groups in total. The summed E-state index contributed by atoms with van der Waals surface area (Å²) >= 11 is 0. The van der Waals surface area contributed by atoms with Crippen LogP contribution in [0.4, 0.5) is 0 Å². The van der Waals surface area contributed by atoms with Crippen LogP contribution in [0.3, 0.4) is 0 Å². The Labute approximate surface area is 110 Å². The molecule has 1 aromatic carbocycles. The summed E-state index contributed by atoms with van der Waals surface area (Å²) < 4.78 is 5.25. The van der Waals surface area contributed by atoms with Crippen molar-refractivity contribution in [3.8, 4) is 5.75 Å². The predicted octanol–water partition coefficient (Wildman–Crippen LogP) is 1.27. The fourth-order valence-corrected chi connectivity index (χ4v) is 1.88. The third-order valence-corrected chi connectivity index (χ3v) is 2.88. The Kier molecular flexibility index (Phi) is 6.12. The van der Waals surface area contributed by atoms with Crippen LogP contribution in [0.15, 0.2) is 24.3 Å². The van der Waals surface area contributed by atoms with Crippen LogP contribution in [0.2, 0.25) is 0 Å². The molecule has 0 heterocycles. The van der Waals surface area contributed by atoms with Crippen LogP contribution >= 0.6 is 0 Å². The van der Waals surface area contributed by atoms with Gasteiger partial charge in [0, 0.05) is 19.1 Å². The fraction of sp³-hybridized carbons (Fsp3) is 0.571. The van der Waals surface area contributed by atoms with Crippen molar-refractivity contribution in [3.05, 3.63) is 29.8 Å². The smallest absolute Gasteiger partial charge is 0.119 e. The highest BCUT2D eigenvalue weighted by atomic mass is 16.5. The average molecular weight is 252 g/mol. The maximum Gasteiger partial charge on any atom is 0.119 e. The minimum Gasteiger partial charge on any atom is -0.497 e. The molecule has 0 radical (unpaired) electrons. The molecule has 0 aliphatic heterocycles. The molecule has 18 heavy (non-hydrogen) atoms. The van der Waals surface area contributed by atoms with E-state index in [1.807, 2.05) is 26.2 Å². The Morgan fingerprint density at radius 1 is 1.33 bits per heavy atom. The summed E-state index contributed by atoms with van der Waals surface area (Å²) in [6.45, 7) is 3.18. The maximum absolute atomic E-state index is 9.26. The van der Waals surface area contributed by atoms with Crippen molar-refractivity contribution in [3.63, 3.8) is 0 Å². The lowest BCUT2D eigenvalue weighted by Crippen LogP contribution is -2.34. The summed E-state index contributed by atoms with van der Waals surface area (Å²) in [6.07, 6.45) is -0.321. The number of nitrogens with one attached hydrogen (secondary N) is 1.